The predicted molar refractivity (Wildman–Crippen MR) is 91.2 cm³/mol. The molecule has 1 aliphatic heterocycles. The number of carboxylic acid groups (broad SMARTS) is 1. The van der Waals surface area contributed by atoms with Crippen molar-refractivity contribution in [3.05, 3.63) is 58.3 Å². The first-order valence-corrected chi connectivity index (χ1v) is 8.23. The molecular formula is C19H17FN2O4. The van der Waals surface area contributed by atoms with Crippen molar-refractivity contribution in [2.24, 2.45) is 5.92 Å². The molecule has 0 amide bonds. The molecule has 2 aromatic rings. The van der Waals surface area contributed by atoms with Crippen molar-refractivity contribution in [2.45, 2.75) is 18.9 Å². The minimum Gasteiger partial charge on any atom is -0.477 e. The average molecular weight is 356 g/mol. The lowest BCUT2D eigenvalue weighted by atomic mass is 9.92. The second kappa shape index (κ2) is 7.50. The highest BCUT2D eigenvalue weighted by Gasteiger charge is 2.27. The van der Waals surface area contributed by atoms with Gasteiger partial charge >= 0.3 is 5.97 Å². The Bertz CT molecular complexity index is 909. The van der Waals surface area contributed by atoms with Gasteiger partial charge in [0.05, 0.1) is 6.07 Å². The maximum atomic E-state index is 13.2. The Morgan fingerprint density at radius 3 is 2.50 bits per heavy atom. The number of benzene rings is 1. The molecule has 26 heavy (non-hydrogen) atoms. The summed E-state index contributed by atoms with van der Waals surface area (Å²) in [6.07, 6.45) is 4.05. The molecule has 6 nitrogen and oxygen atoms in total. The van der Waals surface area contributed by atoms with Crippen molar-refractivity contribution in [3.63, 3.8) is 0 Å². The number of aromatic carboxylic acids is 1. The fourth-order valence-corrected chi connectivity index (χ4v) is 3.19. The highest BCUT2D eigenvalue weighted by atomic mass is 19.1. The molecule has 1 saturated heterocycles. The number of carbonyl (C=O) groups is 1. The van der Waals surface area contributed by atoms with Gasteiger partial charge in [0, 0.05) is 31.2 Å². The summed E-state index contributed by atoms with van der Waals surface area (Å²) in [6.45, 7) is 1.08. The fraction of sp³-hybridized carbons (Fsp3) is 0.316. The van der Waals surface area contributed by atoms with E-state index >= 15 is 0 Å². The van der Waals surface area contributed by atoms with E-state index in [-0.39, 0.29) is 11.5 Å². The summed E-state index contributed by atoms with van der Waals surface area (Å²) in [7, 11) is 0. The van der Waals surface area contributed by atoms with Crippen LogP contribution in [-0.4, -0.2) is 28.9 Å². The molecule has 2 heterocycles. The van der Waals surface area contributed by atoms with Crippen LogP contribution < -0.4 is 5.43 Å². The van der Waals surface area contributed by atoms with Gasteiger partial charge < -0.3 is 14.4 Å². The topological polar surface area (TPSA) is 92.3 Å². The summed E-state index contributed by atoms with van der Waals surface area (Å²) in [6, 6.07) is 6.83. The minimum absolute atomic E-state index is 0.000959. The summed E-state index contributed by atoms with van der Waals surface area (Å²) in [5.74, 6) is -1.82. The second-order valence-corrected chi connectivity index (χ2v) is 6.20. The van der Waals surface area contributed by atoms with E-state index in [4.69, 9.17) is 4.74 Å². The first-order valence-electron chi connectivity index (χ1n) is 8.23. The summed E-state index contributed by atoms with van der Waals surface area (Å²) >= 11 is 0. The number of carboxylic acids is 1. The quantitative estimate of drug-likeness (QED) is 0.909. The van der Waals surface area contributed by atoms with Crippen molar-refractivity contribution in [1.29, 1.82) is 5.26 Å². The van der Waals surface area contributed by atoms with Gasteiger partial charge in [0.2, 0.25) is 5.43 Å². The Morgan fingerprint density at radius 2 is 1.92 bits per heavy atom. The van der Waals surface area contributed by atoms with E-state index in [9.17, 15) is 24.3 Å². The SMILES string of the molecule is N#CC(C1CCOCC1)n1cc(C(=O)O)c(=O)c(-c2ccc(F)cc2)c1. The third kappa shape index (κ3) is 3.51. The number of halogens is 1. The van der Waals surface area contributed by atoms with Crippen molar-refractivity contribution in [2.75, 3.05) is 13.2 Å². The summed E-state index contributed by atoms with van der Waals surface area (Å²) in [5, 5.41) is 19.0. The van der Waals surface area contributed by atoms with E-state index in [1.165, 1.54) is 41.2 Å². The third-order valence-electron chi connectivity index (χ3n) is 4.60. The van der Waals surface area contributed by atoms with Crippen LogP contribution in [0, 0.1) is 23.1 Å². The molecule has 0 bridgehead atoms. The van der Waals surface area contributed by atoms with Crippen LogP contribution in [-0.2, 0) is 4.74 Å². The number of hydrogen-bond donors (Lipinski definition) is 1. The van der Waals surface area contributed by atoms with Crippen LogP contribution in [0.5, 0.6) is 0 Å². The molecule has 1 atom stereocenters. The minimum atomic E-state index is -1.36. The zero-order valence-electron chi connectivity index (χ0n) is 13.9. The monoisotopic (exact) mass is 356 g/mol. The van der Waals surface area contributed by atoms with Gasteiger partial charge in [-0.3, -0.25) is 4.79 Å². The standard InChI is InChI=1S/C19H17FN2O4/c20-14-3-1-12(2-4-14)15-10-22(11-16(18(15)23)19(24)25)17(9-21)13-5-7-26-8-6-13/h1-4,10-11,13,17H,5-8H2,(H,24,25). The number of nitrogens with zero attached hydrogens (tertiary/aromatic N) is 2. The van der Waals surface area contributed by atoms with E-state index in [1.54, 1.807) is 0 Å². The lowest BCUT2D eigenvalue weighted by molar-refractivity contribution is 0.0558. The van der Waals surface area contributed by atoms with E-state index in [2.05, 4.69) is 6.07 Å². The van der Waals surface area contributed by atoms with Crippen molar-refractivity contribution in [1.82, 2.24) is 4.57 Å². The highest BCUT2D eigenvalue weighted by molar-refractivity contribution is 5.88. The molecular weight excluding hydrogens is 339 g/mol. The van der Waals surface area contributed by atoms with Gasteiger partial charge in [0.25, 0.3) is 0 Å². The van der Waals surface area contributed by atoms with Gasteiger partial charge in [-0.05, 0) is 36.5 Å². The Labute approximate surface area is 149 Å². The van der Waals surface area contributed by atoms with Crippen molar-refractivity contribution < 1.29 is 19.0 Å². The number of hydrogen-bond acceptors (Lipinski definition) is 4. The van der Waals surface area contributed by atoms with Crippen molar-refractivity contribution in [3.8, 4) is 17.2 Å². The number of aromatic nitrogens is 1. The van der Waals surface area contributed by atoms with Gasteiger partial charge in [-0.1, -0.05) is 12.1 Å². The lowest BCUT2D eigenvalue weighted by Crippen LogP contribution is -2.27. The molecule has 0 radical (unpaired) electrons. The van der Waals surface area contributed by atoms with Crippen LogP contribution >= 0.6 is 0 Å². The summed E-state index contributed by atoms with van der Waals surface area (Å²) in [5.41, 5.74) is -0.558. The van der Waals surface area contributed by atoms with Gasteiger partial charge in [-0.15, -0.1) is 0 Å². The maximum absolute atomic E-state index is 13.2. The van der Waals surface area contributed by atoms with E-state index in [1.807, 2.05) is 0 Å². The first-order chi connectivity index (χ1) is 12.5. The van der Waals surface area contributed by atoms with Gasteiger partial charge in [0.15, 0.2) is 0 Å². The number of pyridine rings is 1. The maximum Gasteiger partial charge on any atom is 0.341 e. The van der Waals surface area contributed by atoms with Crippen LogP contribution in [0.2, 0.25) is 0 Å². The second-order valence-electron chi connectivity index (χ2n) is 6.20. The molecule has 0 spiro atoms. The molecule has 7 heteroatoms. The molecule has 134 valence electrons. The third-order valence-corrected chi connectivity index (χ3v) is 4.60. The first kappa shape index (κ1) is 17.8. The van der Waals surface area contributed by atoms with Gasteiger partial charge in [-0.25, -0.2) is 9.18 Å². The zero-order chi connectivity index (χ0) is 18.7. The summed E-state index contributed by atoms with van der Waals surface area (Å²) in [4.78, 5) is 24.1. The van der Waals surface area contributed by atoms with Crippen molar-refractivity contribution >= 4 is 5.97 Å². The van der Waals surface area contributed by atoms with Crippen LogP contribution in [0.1, 0.15) is 29.2 Å². The number of nitriles is 1. The number of ether oxygens (including phenoxy) is 1. The normalized spacial score (nSPS) is 16.0. The molecule has 0 saturated carbocycles. The molecule has 1 fully saturated rings. The average Bonchev–Trinajstić information content (AvgIpc) is 2.65. The molecule has 1 N–H and O–H groups in total. The van der Waals surface area contributed by atoms with E-state index < -0.39 is 28.8 Å². The predicted octanol–water partition coefficient (Wildman–Crippen LogP) is 2.84. The molecule has 1 aliphatic rings. The smallest absolute Gasteiger partial charge is 0.341 e. The van der Waals surface area contributed by atoms with Gasteiger partial charge in [-0.2, -0.15) is 5.26 Å². The lowest BCUT2D eigenvalue weighted by Gasteiger charge is -2.28. The van der Waals surface area contributed by atoms with E-state index in [0.717, 1.165) is 0 Å². The molecule has 1 aromatic heterocycles. The van der Waals surface area contributed by atoms with E-state index in [0.29, 0.717) is 31.6 Å². The molecule has 3 rings (SSSR count). The van der Waals surface area contributed by atoms with Crippen LogP contribution in [0.25, 0.3) is 11.1 Å². The molecule has 1 unspecified atom stereocenters. The number of rotatable bonds is 4. The fourth-order valence-electron chi connectivity index (χ4n) is 3.19. The Balaban J connectivity index is 2.13. The Kier molecular flexibility index (Phi) is 5.14. The highest BCUT2D eigenvalue weighted by Crippen LogP contribution is 2.28. The largest absolute Gasteiger partial charge is 0.477 e. The Morgan fingerprint density at radius 1 is 1.27 bits per heavy atom. The van der Waals surface area contributed by atoms with Gasteiger partial charge in [0.1, 0.15) is 17.4 Å². The Hall–Kier alpha value is -2.98. The van der Waals surface area contributed by atoms with Crippen LogP contribution in [0.15, 0.2) is 41.5 Å². The summed E-state index contributed by atoms with van der Waals surface area (Å²) < 4.78 is 20.0. The molecule has 1 aromatic carbocycles. The molecule has 0 aliphatic carbocycles. The van der Waals surface area contributed by atoms with Crippen LogP contribution in [0.4, 0.5) is 4.39 Å². The van der Waals surface area contributed by atoms with Crippen LogP contribution in [0.3, 0.4) is 0 Å². The zero-order valence-corrected chi connectivity index (χ0v) is 13.9.